The highest BCUT2D eigenvalue weighted by Crippen LogP contribution is 2.27. The van der Waals surface area contributed by atoms with Crippen molar-refractivity contribution in [3.8, 4) is 0 Å². The van der Waals surface area contributed by atoms with Crippen LogP contribution in [-0.2, 0) is 10.0 Å². The number of hydrogen-bond donors (Lipinski definition) is 1. The first-order valence-corrected chi connectivity index (χ1v) is 6.16. The van der Waals surface area contributed by atoms with Crippen LogP contribution in [0.1, 0.15) is 17.3 Å². The summed E-state index contributed by atoms with van der Waals surface area (Å²) in [6, 6.07) is 2.57. The van der Waals surface area contributed by atoms with E-state index in [0.29, 0.717) is 0 Å². The van der Waals surface area contributed by atoms with Gasteiger partial charge in [-0.25, -0.2) is 9.29 Å². The summed E-state index contributed by atoms with van der Waals surface area (Å²) in [7, 11) is -3.80. The van der Waals surface area contributed by atoms with Gasteiger partial charge in [0.05, 0.1) is 12.1 Å². The topological polar surface area (TPSA) is 93.4 Å². The molecule has 1 unspecified atom stereocenters. The lowest BCUT2D eigenvalue weighted by atomic mass is 10.2. The third kappa shape index (κ3) is 1.48. The van der Waals surface area contributed by atoms with Crippen molar-refractivity contribution in [1.82, 2.24) is 9.29 Å². The molecule has 16 heavy (non-hydrogen) atoms. The highest BCUT2D eigenvalue weighted by Gasteiger charge is 2.42. The summed E-state index contributed by atoms with van der Waals surface area (Å²) in [6.45, 7) is 1.61. The predicted molar refractivity (Wildman–Crippen MR) is 56.1 cm³/mol. The van der Waals surface area contributed by atoms with Gasteiger partial charge in [-0.3, -0.25) is 4.79 Å². The number of sulfonamides is 1. The molecule has 0 aliphatic carbocycles. The van der Waals surface area contributed by atoms with Crippen LogP contribution in [0.4, 0.5) is 0 Å². The first-order valence-electron chi connectivity index (χ1n) is 4.72. The molecular weight excluding hydrogens is 230 g/mol. The highest BCUT2D eigenvalue weighted by molar-refractivity contribution is 7.90. The van der Waals surface area contributed by atoms with Crippen LogP contribution in [0.3, 0.4) is 0 Å². The molecule has 0 saturated carbocycles. The fraction of sp³-hybridized carbons (Fsp3) is 0.333. The van der Waals surface area contributed by atoms with E-state index in [4.69, 9.17) is 5.73 Å². The maximum absolute atomic E-state index is 11.9. The van der Waals surface area contributed by atoms with E-state index < -0.39 is 22.0 Å². The number of fused-ring (bicyclic) bond motifs is 1. The van der Waals surface area contributed by atoms with Crippen molar-refractivity contribution in [2.75, 3.05) is 6.54 Å². The Kier molecular flexibility index (Phi) is 2.43. The van der Waals surface area contributed by atoms with E-state index in [-0.39, 0.29) is 17.1 Å². The second-order valence-corrected chi connectivity index (χ2v) is 5.45. The van der Waals surface area contributed by atoms with Crippen molar-refractivity contribution in [2.24, 2.45) is 5.73 Å². The summed E-state index contributed by atoms with van der Waals surface area (Å²) in [4.78, 5) is 15.5. The van der Waals surface area contributed by atoms with Crippen molar-refractivity contribution >= 4 is 15.9 Å². The second kappa shape index (κ2) is 3.53. The van der Waals surface area contributed by atoms with Crippen molar-refractivity contribution in [2.45, 2.75) is 18.0 Å². The van der Waals surface area contributed by atoms with Crippen molar-refractivity contribution in [3.63, 3.8) is 0 Å². The number of hydrogen-bond acceptors (Lipinski definition) is 5. The molecule has 1 amide bonds. The monoisotopic (exact) mass is 241 g/mol. The van der Waals surface area contributed by atoms with Crippen LogP contribution in [0.2, 0.25) is 0 Å². The first kappa shape index (κ1) is 11.0. The Morgan fingerprint density at radius 2 is 2.25 bits per heavy atom. The molecule has 1 aromatic rings. The average molecular weight is 241 g/mol. The fourth-order valence-electron chi connectivity index (χ4n) is 1.55. The number of aromatic nitrogens is 1. The van der Waals surface area contributed by atoms with Crippen molar-refractivity contribution in [3.05, 3.63) is 23.9 Å². The molecule has 86 valence electrons. The summed E-state index contributed by atoms with van der Waals surface area (Å²) in [5.74, 6) is -0.555. The van der Waals surface area contributed by atoms with Crippen LogP contribution in [0.25, 0.3) is 0 Å². The molecule has 6 nitrogen and oxygen atoms in total. The van der Waals surface area contributed by atoms with Gasteiger partial charge in [-0.1, -0.05) is 0 Å². The smallest absolute Gasteiger partial charge is 0.285 e. The highest BCUT2D eigenvalue weighted by atomic mass is 32.2. The van der Waals surface area contributed by atoms with E-state index in [2.05, 4.69) is 4.98 Å². The van der Waals surface area contributed by atoms with Gasteiger partial charge in [-0.15, -0.1) is 0 Å². The van der Waals surface area contributed by atoms with Gasteiger partial charge in [0.2, 0.25) is 0 Å². The van der Waals surface area contributed by atoms with E-state index in [9.17, 15) is 13.2 Å². The zero-order chi connectivity index (χ0) is 11.9. The SMILES string of the molecule is CC(N)CN1C(=O)c2cccnc2S1(=O)=O. The Bertz CT molecular complexity index is 539. The zero-order valence-electron chi connectivity index (χ0n) is 8.62. The van der Waals surface area contributed by atoms with E-state index in [1.807, 2.05) is 0 Å². The van der Waals surface area contributed by atoms with Crippen LogP contribution < -0.4 is 5.73 Å². The molecule has 2 rings (SSSR count). The fourth-order valence-corrected chi connectivity index (χ4v) is 3.13. The molecular formula is C9H11N3O3S. The van der Waals surface area contributed by atoms with E-state index in [1.165, 1.54) is 18.3 Å². The first-order chi connectivity index (χ1) is 7.44. The maximum Gasteiger partial charge on any atom is 0.285 e. The molecule has 0 aromatic carbocycles. The Balaban J connectivity index is 2.54. The molecule has 0 saturated heterocycles. The molecule has 0 spiro atoms. The predicted octanol–water partition coefficient (Wildman–Crippen LogP) is -0.427. The van der Waals surface area contributed by atoms with Crippen LogP contribution in [0.5, 0.6) is 0 Å². The molecule has 1 atom stereocenters. The molecule has 0 fully saturated rings. The summed E-state index contributed by atoms with van der Waals surface area (Å²) < 4.78 is 24.6. The Labute approximate surface area is 93.1 Å². The van der Waals surface area contributed by atoms with Crippen molar-refractivity contribution in [1.29, 1.82) is 0 Å². The van der Waals surface area contributed by atoms with Gasteiger partial charge in [0.25, 0.3) is 15.9 Å². The minimum absolute atomic E-state index is 0.0302. The molecule has 0 radical (unpaired) electrons. The number of nitrogens with two attached hydrogens (primary N) is 1. The minimum atomic E-state index is -3.80. The summed E-state index contributed by atoms with van der Waals surface area (Å²) in [6.07, 6.45) is 1.35. The quantitative estimate of drug-likeness (QED) is 0.758. The van der Waals surface area contributed by atoms with E-state index >= 15 is 0 Å². The molecule has 1 aliphatic heterocycles. The molecule has 2 heterocycles. The number of carbonyl (C=O) groups is 1. The van der Waals surface area contributed by atoms with Crippen molar-refractivity contribution < 1.29 is 13.2 Å². The third-order valence-electron chi connectivity index (χ3n) is 2.22. The summed E-state index contributed by atoms with van der Waals surface area (Å²) >= 11 is 0. The maximum atomic E-state index is 11.9. The third-order valence-corrected chi connectivity index (χ3v) is 3.93. The molecule has 1 aromatic heterocycles. The largest absolute Gasteiger partial charge is 0.326 e. The van der Waals surface area contributed by atoms with Crippen LogP contribution in [0, 0.1) is 0 Å². The van der Waals surface area contributed by atoms with Crippen LogP contribution >= 0.6 is 0 Å². The molecule has 0 bridgehead atoms. The van der Waals surface area contributed by atoms with Gasteiger partial charge >= 0.3 is 0 Å². The van der Waals surface area contributed by atoms with Gasteiger partial charge in [0, 0.05) is 12.2 Å². The van der Waals surface area contributed by atoms with Gasteiger partial charge in [0.1, 0.15) is 0 Å². The normalized spacial score (nSPS) is 19.6. The zero-order valence-corrected chi connectivity index (χ0v) is 9.44. The van der Waals surface area contributed by atoms with Gasteiger partial charge in [-0.2, -0.15) is 8.42 Å². The Morgan fingerprint density at radius 1 is 1.56 bits per heavy atom. The Hall–Kier alpha value is -1.47. The molecule has 1 aliphatic rings. The lowest BCUT2D eigenvalue weighted by Gasteiger charge is -2.16. The molecule has 2 N–H and O–H groups in total. The standard InChI is InChI=1S/C9H11N3O3S/c1-6(10)5-12-9(13)7-3-2-4-11-8(7)16(12,14)15/h2-4,6H,5,10H2,1H3. The minimum Gasteiger partial charge on any atom is -0.326 e. The van der Waals surface area contributed by atoms with Gasteiger partial charge in [-0.05, 0) is 19.1 Å². The number of rotatable bonds is 2. The summed E-state index contributed by atoms with van der Waals surface area (Å²) in [5.41, 5.74) is 5.63. The summed E-state index contributed by atoms with van der Waals surface area (Å²) in [5, 5.41) is -0.180. The number of pyridine rings is 1. The van der Waals surface area contributed by atoms with Crippen LogP contribution in [0.15, 0.2) is 23.4 Å². The van der Waals surface area contributed by atoms with E-state index in [1.54, 1.807) is 6.92 Å². The van der Waals surface area contributed by atoms with E-state index in [0.717, 1.165) is 4.31 Å². The van der Waals surface area contributed by atoms with Crippen LogP contribution in [-0.4, -0.2) is 36.2 Å². The number of carbonyl (C=O) groups excluding carboxylic acids is 1. The lowest BCUT2D eigenvalue weighted by Crippen LogP contribution is -2.39. The Morgan fingerprint density at radius 3 is 2.81 bits per heavy atom. The molecule has 7 heteroatoms. The number of amides is 1. The second-order valence-electron chi connectivity index (χ2n) is 3.67. The average Bonchev–Trinajstić information content (AvgIpc) is 2.41. The lowest BCUT2D eigenvalue weighted by molar-refractivity contribution is 0.0867. The van der Waals surface area contributed by atoms with Gasteiger partial charge < -0.3 is 5.73 Å². The number of nitrogens with zero attached hydrogens (tertiary/aromatic N) is 2. The van der Waals surface area contributed by atoms with Gasteiger partial charge in [0.15, 0.2) is 5.03 Å².